The Balaban J connectivity index is 1.74. The van der Waals surface area contributed by atoms with Crippen LogP contribution in [0.2, 0.25) is 10.0 Å². The highest BCUT2D eigenvalue weighted by molar-refractivity contribution is 7.23. The molecule has 0 spiro atoms. The van der Waals surface area contributed by atoms with Gasteiger partial charge in [-0.25, -0.2) is 4.98 Å². The maximum Gasteiger partial charge on any atom is 0.233 e. The first kappa shape index (κ1) is 19.8. The van der Waals surface area contributed by atoms with Gasteiger partial charge < -0.3 is 0 Å². The summed E-state index contributed by atoms with van der Waals surface area (Å²) in [6, 6.07) is 16.8. The van der Waals surface area contributed by atoms with Crippen LogP contribution >= 0.6 is 34.5 Å². The van der Waals surface area contributed by atoms with Crippen LogP contribution in [0, 0.1) is 6.92 Å². The molecule has 0 radical (unpaired) electrons. The van der Waals surface area contributed by atoms with Crippen molar-refractivity contribution in [3.63, 3.8) is 0 Å². The van der Waals surface area contributed by atoms with Gasteiger partial charge in [0, 0.05) is 11.2 Å². The quantitative estimate of drug-likeness (QED) is 0.376. The Labute approximate surface area is 182 Å². The van der Waals surface area contributed by atoms with Crippen molar-refractivity contribution in [1.82, 2.24) is 9.97 Å². The number of carbonyl (C=O) groups is 1. The van der Waals surface area contributed by atoms with Crippen LogP contribution in [0.5, 0.6) is 0 Å². The normalized spacial score (nSPS) is 11.0. The predicted octanol–water partition coefficient (Wildman–Crippen LogP) is 6.08. The molecular formula is C22H17Cl2N3OS. The summed E-state index contributed by atoms with van der Waals surface area (Å²) in [6.45, 7) is 2.30. The Morgan fingerprint density at radius 2 is 1.83 bits per heavy atom. The number of rotatable bonds is 5. The Kier molecular flexibility index (Phi) is 5.81. The van der Waals surface area contributed by atoms with Crippen LogP contribution in [0.3, 0.4) is 0 Å². The molecule has 0 fully saturated rings. The van der Waals surface area contributed by atoms with Gasteiger partial charge in [0.05, 0.1) is 33.9 Å². The van der Waals surface area contributed by atoms with Crippen LogP contribution in [0.25, 0.3) is 10.2 Å². The molecule has 2 aromatic heterocycles. The zero-order valence-electron chi connectivity index (χ0n) is 15.6. The molecule has 0 aliphatic carbocycles. The number of nitrogens with zero attached hydrogens (tertiary/aromatic N) is 3. The number of benzene rings is 2. The number of anilines is 1. The van der Waals surface area contributed by atoms with Crippen molar-refractivity contribution in [3.05, 3.63) is 87.7 Å². The third kappa shape index (κ3) is 4.27. The van der Waals surface area contributed by atoms with Crippen LogP contribution in [0.4, 0.5) is 5.13 Å². The van der Waals surface area contributed by atoms with E-state index in [0.717, 1.165) is 27.0 Å². The van der Waals surface area contributed by atoms with Gasteiger partial charge in [-0.3, -0.25) is 14.7 Å². The Hall–Kier alpha value is -2.47. The average molecular weight is 442 g/mol. The van der Waals surface area contributed by atoms with Gasteiger partial charge >= 0.3 is 0 Å². The number of aromatic nitrogens is 2. The van der Waals surface area contributed by atoms with E-state index in [9.17, 15) is 4.79 Å². The number of hydrogen-bond donors (Lipinski definition) is 0. The molecule has 0 aliphatic rings. The standard InChI is InChI=1S/C22H17Cl2N3OS/c1-14-9-10-18(24)21-20(14)26-22(29-21)27(13-16-7-4-5-11-25-16)19(28)12-15-6-2-3-8-17(15)23/h2-11H,12-13H2,1H3. The van der Waals surface area contributed by atoms with Gasteiger partial charge in [0.25, 0.3) is 0 Å². The molecule has 4 nitrogen and oxygen atoms in total. The van der Waals surface area contributed by atoms with E-state index in [2.05, 4.69) is 4.98 Å². The molecule has 0 atom stereocenters. The van der Waals surface area contributed by atoms with Crippen molar-refractivity contribution in [3.8, 4) is 0 Å². The molecule has 29 heavy (non-hydrogen) atoms. The number of hydrogen-bond acceptors (Lipinski definition) is 4. The average Bonchev–Trinajstić information content (AvgIpc) is 3.18. The van der Waals surface area contributed by atoms with E-state index in [4.69, 9.17) is 28.2 Å². The molecular weight excluding hydrogens is 425 g/mol. The lowest BCUT2D eigenvalue weighted by molar-refractivity contribution is -0.118. The van der Waals surface area contributed by atoms with Gasteiger partial charge in [-0.05, 0) is 42.3 Å². The Morgan fingerprint density at radius 1 is 1.03 bits per heavy atom. The SMILES string of the molecule is Cc1ccc(Cl)c2sc(N(Cc3ccccn3)C(=O)Cc3ccccc3Cl)nc12. The first-order chi connectivity index (χ1) is 14.0. The second kappa shape index (κ2) is 8.49. The molecule has 4 rings (SSSR count). The smallest absolute Gasteiger partial charge is 0.233 e. The zero-order valence-corrected chi connectivity index (χ0v) is 17.9. The summed E-state index contributed by atoms with van der Waals surface area (Å²) >= 11 is 14.1. The van der Waals surface area contributed by atoms with Crippen molar-refractivity contribution >= 4 is 55.8 Å². The number of aryl methyl sites for hydroxylation is 1. The van der Waals surface area contributed by atoms with E-state index < -0.39 is 0 Å². The van der Waals surface area contributed by atoms with Gasteiger partial charge in [0.1, 0.15) is 0 Å². The molecule has 0 bridgehead atoms. The summed E-state index contributed by atoms with van der Waals surface area (Å²) in [5.74, 6) is -0.100. The van der Waals surface area contributed by atoms with Crippen LogP contribution in [-0.4, -0.2) is 15.9 Å². The van der Waals surface area contributed by atoms with Crippen LogP contribution in [0.1, 0.15) is 16.8 Å². The zero-order chi connectivity index (χ0) is 20.4. The minimum Gasteiger partial charge on any atom is -0.282 e. The molecule has 2 aromatic carbocycles. The largest absolute Gasteiger partial charge is 0.282 e. The number of halogens is 2. The van der Waals surface area contributed by atoms with Crippen molar-refractivity contribution in [2.45, 2.75) is 19.9 Å². The first-order valence-corrected chi connectivity index (χ1v) is 10.6. The van der Waals surface area contributed by atoms with E-state index in [1.807, 2.05) is 55.5 Å². The maximum atomic E-state index is 13.3. The molecule has 4 aromatic rings. The number of fused-ring (bicyclic) bond motifs is 1. The van der Waals surface area contributed by atoms with Crippen molar-refractivity contribution in [1.29, 1.82) is 0 Å². The summed E-state index contributed by atoms with van der Waals surface area (Å²) in [6.07, 6.45) is 1.89. The highest BCUT2D eigenvalue weighted by Crippen LogP contribution is 2.36. The Morgan fingerprint density at radius 3 is 2.55 bits per heavy atom. The van der Waals surface area contributed by atoms with Crippen molar-refractivity contribution in [2.75, 3.05) is 4.90 Å². The van der Waals surface area contributed by atoms with E-state index in [-0.39, 0.29) is 12.3 Å². The molecule has 7 heteroatoms. The number of amides is 1. The number of thiazole rings is 1. The van der Waals surface area contributed by atoms with Crippen LogP contribution in [-0.2, 0) is 17.8 Å². The van der Waals surface area contributed by atoms with Crippen LogP contribution < -0.4 is 4.90 Å². The monoisotopic (exact) mass is 441 g/mol. The minimum atomic E-state index is -0.100. The lowest BCUT2D eigenvalue weighted by atomic mass is 10.1. The van der Waals surface area contributed by atoms with Gasteiger partial charge in [-0.15, -0.1) is 0 Å². The molecule has 0 unspecified atom stereocenters. The third-order valence-electron chi connectivity index (χ3n) is 4.56. The summed E-state index contributed by atoms with van der Waals surface area (Å²) in [5, 5.41) is 1.80. The fraction of sp³-hybridized carbons (Fsp3) is 0.136. The number of pyridine rings is 1. The molecule has 0 N–H and O–H groups in total. The van der Waals surface area contributed by atoms with Gasteiger partial charge in [0.15, 0.2) is 5.13 Å². The summed E-state index contributed by atoms with van der Waals surface area (Å²) < 4.78 is 0.873. The second-order valence-corrected chi connectivity index (χ2v) is 8.40. The molecule has 146 valence electrons. The summed E-state index contributed by atoms with van der Waals surface area (Å²) in [4.78, 5) is 24.1. The van der Waals surface area contributed by atoms with Gasteiger partial charge in [0.2, 0.25) is 5.91 Å². The third-order valence-corrected chi connectivity index (χ3v) is 6.47. The lowest BCUT2D eigenvalue weighted by Crippen LogP contribution is -2.32. The van der Waals surface area contributed by atoms with Gasteiger partial charge in [-0.2, -0.15) is 0 Å². The van der Waals surface area contributed by atoms with Crippen molar-refractivity contribution in [2.24, 2.45) is 0 Å². The molecule has 0 aliphatic heterocycles. The highest BCUT2D eigenvalue weighted by atomic mass is 35.5. The molecule has 1 amide bonds. The van der Waals surface area contributed by atoms with E-state index in [0.29, 0.717) is 21.7 Å². The highest BCUT2D eigenvalue weighted by Gasteiger charge is 2.23. The second-order valence-electron chi connectivity index (χ2n) is 6.61. The van der Waals surface area contributed by atoms with Gasteiger partial charge in [-0.1, -0.05) is 64.9 Å². The Bertz CT molecular complexity index is 1140. The van der Waals surface area contributed by atoms with E-state index in [1.54, 1.807) is 17.2 Å². The maximum absolute atomic E-state index is 13.3. The van der Waals surface area contributed by atoms with Crippen molar-refractivity contribution < 1.29 is 4.79 Å². The molecule has 0 saturated heterocycles. The fourth-order valence-electron chi connectivity index (χ4n) is 3.02. The van der Waals surface area contributed by atoms with Crippen LogP contribution in [0.15, 0.2) is 60.8 Å². The minimum absolute atomic E-state index is 0.100. The predicted molar refractivity (Wildman–Crippen MR) is 120 cm³/mol. The fourth-order valence-corrected chi connectivity index (χ4v) is 4.56. The number of carbonyl (C=O) groups excluding carboxylic acids is 1. The first-order valence-electron chi connectivity index (χ1n) is 9.02. The molecule has 0 saturated carbocycles. The molecule has 2 heterocycles. The lowest BCUT2D eigenvalue weighted by Gasteiger charge is -2.20. The van der Waals surface area contributed by atoms with E-state index in [1.165, 1.54) is 11.3 Å². The van der Waals surface area contributed by atoms with E-state index >= 15 is 0 Å². The topological polar surface area (TPSA) is 46.1 Å². The summed E-state index contributed by atoms with van der Waals surface area (Å²) in [5.41, 5.74) is 3.39. The summed E-state index contributed by atoms with van der Waals surface area (Å²) in [7, 11) is 0.